The first-order valence-corrected chi connectivity index (χ1v) is 16.8. The van der Waals surface area contributed by atoms with Crippen LogP contribution in [0.2, 0.25) is 0 Å². The summed E-state index contributed by atoms with van der Waals surface area (Å²) in [6.45, 7) is 0. The van der Waals surface area contributed by atoms with Crippen molar-refractivity contribution >= 4 is 60.0 Å². The highest BCUT2D eigenvalue weighted by Gasteiger charge is 2.19. The van der Waals surface area contributed by atoms with E-state index in [2.05, 4.69) is 106 Å². The molecule has 232 valence electrons. The second-order valence-corrected chi connectivity index (χ2v) is 12.9. The number of fused-ring (bicyclic) bond motifs is 9. The maximum Gasteiger partial charge on any atom is 0.160 e. The fourth-order valence-corrected chi connectivity index (χ4v) is 7.71. The zero-order chi connectivity index (χ0) is 32.8. The lowest BCUT2D eigenvalue weighted by Crippen LogP contribution is -1.96. The van der Waals surface area contributed by atoms with E-state index in [1.165, 1.54) is 43.7 Å². The molecule has 0 N–H and O–H groups in total. The second kappa shape index (κ2) is 10.3. The lowest BCUT2D eigenvalue weighted by atomic mass is 9.98. The summed E-state index contributed by atoms with van der Waals surface area (Å²) in [7, 11) is 0. The molecule has 0 fully saturated rings. The number of pyridine rings is 1. The highest BCUT2D eigenvalue weighted by atomic mass is 16.3. The van der Waals surface area contributed by atoms with Crippen LogP contribution in [0.4, 0.5) is 0 Å². The third kappa shape index (κ3) is 3.98. The van der Waals surface area contributed by atoms with Crippen molar-refractivity contribution in [2.75, 3.05) is 0 Å². The zero-order valence-corrected chi connectivity index (χ0v) is 26.7. The molecule has 0 atom stereocenters. The molecule has 0 saturated carbocycles. The van der Waals surface area contributed by atoms with E-state index in [0.29, 0.717) is 5.82 Å². The molecular weight excluding hydrogens is 613 g/mol. The van der Waals surface area contributed by atoms with Crippen LogP contribution in [0.5, 0.6) is 0 Å². The fourth-order valence-electron chi connectivity index (χ4n) is 7.71. The lowest BCUT2D eigenvalue weighted by molar-refractivity contribution is 0.669. The summed E-state index contributed by atoms with van der Waals surface area (Å²) in [6.07, 6.45) is 3.62. The van der Waals surface area contributed by atoms with Crippen molar-refractivity contribution in [3.63, 3.8) is 0 Å². The van der Waals surface area contributed by atoms with Crippen molar-refractivity contribution in [1.29, 1.82) is 0 Å². The number of hydrogen-bond acceptors (Lipinski definition) is 4. The number of hydrogen-bond donors (Lipinski definition) is 0. The first-order valence-electron chi connectivity index (χ1n) is 16.8. The number of benzene rings is 6. The van der Waals surface area contributed by atoms with E-state index in [9.17, 15) is 0 Å². The molecule has 5 heterocycles. The molecule has 6 aromatic carbocycles. The first kappa shape index (κ1) is 27.1. The Kier molecular flexibility index (Phi) is 5.60. The molecule has 0 radical (unpaired) electrons. The van der Waals surface area contributed by atoms with Crippen molar-refractivity contribution in [3.05, 3.63) is 158 Å². The molecule has 0 bridgehead atoms. The van der Waals surface area contributed by atoms with Gasteiger partial charge >= 0.3 is 0 Å². The van der Waals surface area contributed by atoms with E-state index in [-0.39, 0.29) is 0 Å². The predicted octanol–water partition coefficient (Wildman–Crippen LogP) is 11.6. The minimum absolute atomic E-state index is 0.654. The summed E-state index contributed by atoms with van der Waals surface area (Å²) in [5.41, 5.74) is 12.3. The largest absolute Gasteiger partial charge is 0.456 e. The lowest BCUT2D eigenvalue weighted by Gasteiger charge is -2.09. The van der Waals surface area contributed by atoms with Gasteiger partial charge in [-0.1, -0.05) is 72.8 Å². The highest BCUT2D eigenvalue weighted by molar-refractivity contribution is 6.24. The molecule has 11 aromatic rings. The molecule has 0 spiro atoms. The maximum absolute atomic E-state index is 6.38. The normalized spacial score (nSPS) is 12.0. The molecule has 50 heavy (non-hydrogen) atoms. The van der Waals surface area contributed by atoms with Gasteiger partial charge < -0.3 is 8.82 Å². The summed E-state index contributed by atoms with van der Waals surface area (Å²) in [5.74, 6) is 0.654. The topological polar surface area (TPSA) is 56.2 Å². The van der Waals surface area contributed by atoms with Crippen LogP contribution in [-0.2, 0) is 0 Å². The van der Waals surface area contributed by atoms with E-state index in [1.807, 2.05) is 54.7 Å². The van der Waals surface area contributed by atoms with Gasteiger partial charge in [0, 0.05) is 61.4 Å². The van der Waals surface area contributed by atoms with Crippen LogP contribution in [0.1, 0.15) is 0 Å². The Morgan fingerprint density at radius 1 is 0.420 bits per heavy atom. The highest BCUT2D eigenvalue weighted by Crippen LogP contribution is 2.42. The van der Waals surface area contributed by atoms with Crippen LogP contribution in [0.15, 0.2) is 162 Å². The molecule has 0 amide bonds. The minimum atomic E-state index is 0.654. The molecule has 11 rings (SSSR count). The summed E-state index contributed by atoms with van der Waals surface area (Å²) >= 11 is 0. The molecule has 5 nitrogen and oxygen atoms in total. The number of nitrogens with zero attached hydrogens (tertiary/aromatic N) is 4. The van der Waals surface area contributed by atoms with Gasteiger partial charge in [-0.25, -0.2) is 9.97 Å². The van der Waals surface area contributed by atoms with Gasteiger partial charge in [0.25, 0.3) is 0 Å². The van der Waals surface area contributed by atoms with Crippen LogP contribution in [-0.4, -0.2) is 19.4 Å². The molecule has 5 heteroatoms. The molecule has 0 saturated heterocycles. The van der Waals surface area contributed by atoms with Gasteiger partial charge in [0.05, 0.1) is 27.9 Å². The van der Waals surface area contributed by atoms with Gasteiger partial charge in [0.15, 0.2) is 5.82 Å². The molecule has 0 aliphatic rings. The van der Waals surface area contributed by atoms with Crippen LogP contribution in [0.25, 0.3) is 105 Å². The monoisotopic (exact) mass is 638 g/mol. The van der Waals surface area contributed by atoms with E-state index < -0.39 is 0 Å². The summed E-state index contributed by atoms with van der Waals surface area (Å²) < 4.78 is 8.80. The number of rotatable bonds is 4. The van der Waals surface area contributed by atoms with Gasteiger partial charge in [0.2, 0.25) is 0 Å². The average molecular weight is 639 g/mol. The quantitative estimate of drug-likeness (QED) is 0.192. The van der Waals surface area contributed by atoms with Crippen molar-refractivity contribution < 1.29 is 4.42 Å². The Morgan fingerprint density at radius 2 is 1.00 bits per heavy atom. The third-order valence-electron chi connectivity index (χ3n) is 10.0. The number of aromatic nitrogens is 4. The zero-order valence-electron chi connectivity index (χ0n) is 26.7. The Hall–Kier alpha value is -6.85. The molecule has 0 unspecified atom stereocenters. The number of furan rings is 1. The Bertz CT molecular complexity index is 2950. The van der Waals surface area contributed by atoms with Gasteiger partial charge in [-0.2, -0.15) is 0 Å². The SMILES string of the molecule is c1ccc(-c2cc(-c3cccnc3)nc(-c3ccc4oc5ccc(-c6cc7c8ccccc8n8c9ccccc9c(c6)c78)cc5c4c3)n2)cc1. The predicted molar refractivity (Wildman–Crippen MR) is 204 cm³/mol. The van der Waals surface area contributed by atoms with Crippen LogP contribution in [0, 0.1) is 0 Å². The van der Waals surface area contributed by atoms with E-state index in [1.54, 1.807) is 6.20 Å². The minimum Gasteiger partial charge on any atom is -0.456 e. The maximum atomic E-state index is 6.38. The second-order valence-electron chi connectivity index (χ2n) is 12.9. The molecule has 0 aliphatic heterocycles. The number of para-hydroxylation sites is 2. The van der Waals surface area contributed by atoms with Crippen LogP contribution < -0.4 is 0 Å². The Balaban J connectivity index is 1.10. The van der Waals surface area contributed by atoms with Crippen molar-refractivity contribution in [1.82, 2.24) is 19.4 Å². The standard InChI is InChI=1S/C45H26N4O/c1-2-9-27(10-3-1)38-25-39(30-11-8-20-46-26-30)48-45(47-38)29-17-19-43-35(22-29)34-21-28(16-18-42(34)50-43)31-23-36-32-12-4-6-14-40(32)49-41-15-7-5-13-33(41)37(24-31)44(36)49/h1-26H. The Morgan fingerprint density at radius 3 is 1.68 bits per heavy atom. The van der Waals surface area contributed by atoms with Gasteiger partial charge in [-0.05, 0) is 83.9 Å². The van der Waals surface area contributed by atoms with E-state index >= 15 is 0 Å². The molecule has 0 aliphatic carbocycles. The Labute approximate surface area is 286 Å². The van der Waals surface area contributed by atoms with E-state index in [4.69, 9.17) is 14.4 Å². The fraction of sp³-hybridized carbons (Fsp3) is 0. The van der Waals surface area contributed by atoms with E-state index in [0.717, 1.165) is 55.6 Å². The van der Waals surface area contributed by atoms with Crippen molar-refractivity contribution in [2.24, 2.45) is 0 Å². The molecular formula is C45H26N4O. The average Bonchev–Trinajstić information content (AvgIpc) is 3.84. The van der Waals surface area contributed by atoms with Gasteiger partial charge in [-0.15, -0.1) is 0 Å². The van der Waals surface area contributed by atoms with Crippen LogP contribution >= 0.6 is 0 Å². The first-order chi connectivity index (χ1) is 24.8. The summed E-state index contributed by atoms with van der Waals surface area (Å²) in [4.78, 5) is 14.5. The van der Waals surface area contributed by atoms with Crippen LogP contribution in [0.3, 0.4) is 0 Å². The smallest absolute Gasteiger partial charge is 0.160 e. The summed E-state index contributed by atoms with van der Waals surface area (Å²) in [5, 5.41) is 7.16. The van der Waals surface area contributed by atoms with Gasteiger partial charge in [-0.3, -0.25) is 4.98 Å². The summed E-state index contributed by atoms with van der Waals surface area (Å²) in [6, 6.07) is 51.1. The van der Waals surface area contributed by atoms with Crippen molar-refractivity contribution in [3.8, 4) is 45.0 Å². The van der Waals surface area contributed by atoms with Gasteiger partial charge in [0.1, 0.15) is 11.2 Å². The third-order valence-corrected chi connectivity index (χ3v) is 10.0. The molecule has 5 aromatic heterocycles. The van der Waals surface area contributed by atoms with Crippen molar-refractivity contribution in [2.45, 2.75) is 0 Å².